The molecule has 0 aromatic heterocycles. The summed E-state index contributed by atoms with van der Waals surface area (Å²) in [6.07, 6.45) is 0.108. The van der Waals surface area contributed by atoms with Crippen molar-refractivity contribution in [1.82, 2.24) is 0 Å². The quantitative estimate of drug-likeness (QED) is 0.821. The number of carbonyl (C=O) groups excluding carboxylic acids is 2. The molecule has 1 unspecified atom stereocenters. The zero-order valence-corrected chi connectivity index (χ0v) is 14.8. The number of hydrogen-bond donors (Lipinski definition) is 1. The van der Waals surface area contributed by atoms with Gasteiger partial charge in [0.2, 0.25) is 11.8 Å². The molecule has 1 aliphatic heterocycles. The van der Waals surface area contributed by atoms with Crippen LogP contribution in [0.5, 0.6) is 0 Å². The fourth-order valence-electron chi connectivity index (χ4n) is 2.56. The number of nitrogens with one attached hydrogen (secondary N) is 1. The third-order valence-corrected chi connectivity index (χ3v) is 4.64. The van der Waals surface area contributed by atoms with Crippen LogP contribution in [0.4, 0.5) is 15.8 Å². The van der Waals surface area contributed by atoms with Crippen LogP contribution in [0.3, 0.4) is 0 Å². The van der Waals surface area contributed by atoms with Gasteiger partial charge in [0.1, 0.15) is 5.82 Å². The number of amides is 2. The summed E-state index contributed by atoms with van der Waals surface area (Å²) in [6.45, 7) is 0.239. The second-order valence-electron chi connectivity index (χ2n) is 5.50. The predicted molar refractivity (Wildman–Crippen MR) is 94.6 cm³/mol. The summed E-state index contributed by atoms with van der Waals surface area (Å²) in [6, 6.07) is 11.3. The van der Waals surface area contributed by atoms with E-state index in [2.05, 4.69) is 21.2 Å². The molecule has 1 atom stereocenters. The highest BCUT2D eigenvalue weighted by atomic mass is 79.9. The Kier molecular flexibility index (Phi) is 4.87. The lowest BCUT2D eigenvalue weighted by Gasteiger charge is -2.17. The molecule has 0 bridgehead atoms. The highest BCUT2D eigenvalue weighted by Crippen LogP contribution is 2.29. The van der Waals surface area contributed by atoms with Gasteiger partial charge >= 0.3 is 0 Å². The molecule has 1 saturated heterocycles. The van der Waals surface area contributed by atoms with Crippen molar-refractivity contribution in [2.45, 2.75) is 6.42 Å². The van der Waals surface area contributed by atoms with Crippen LogP contribution < -0.4 is 10.2 Å². The first kappa shape index (κ1) is 16.9. The number of carbonyl (C=O) groups is 2. The molecular weight excluding hydrogens is 399 g/mol. The molecule has 2 aromatic carbocycles. The lowest BCUT2D eigenvalue weighted by atomic mass is 10.1. The molecule has 1 heterocycles. The van der Waals surface area contributed by atoms with Gasteiger partial charge in [0, 0.05) is 28.8 Å². The van der Waals surface area contributed by atoms with E-state index in [1.165, 1.54) is 23.1 Å². The summed E-state index contributed by atoms with van der Waals surface area (Å²) in [5, 5.41) is 2.75. The maximum absolute atomic E-state index is 13.3. The van der Waals surface area contributed by atoms with Gasteiger partial charge in [-0.05, 0) is 42.5 Å². The van der Waals surface area contributed by atoms with E-state index < -0.39 is 11.7 Å². The molecule has 4 nitrogen and oxygen atoms in total. The minimum atomic E-state index is -0.545. The fourth-order valence-corrected chi connectivity index (χ4v) is 3.00. The van der Waals surface area contributed by atoms with Crippen molar-refractivity contribution in [2.24, 2.45) is 5.92 Å². The van der Waals surface area contributed by atoms with Crippen molar-refractivity contribution in [3.63, 3.8) is 0 Å². The lowest BCUT2D eigenvalue weighted by molar-refractivity contribution is -0.122. The van der Waals surface area contributed by atoms with Crippen LogP contribution in [-0.4, -0.2) is 18.4 Å². The van der Waals surface area contributed by atoms with Crippen LogP contribution in [0.2, 0.25) is 5.02 Å². The van der Waals surface area contributed by atoms with Crippen LogP contribution >= 0.6 is 27.5 Å². The van der Waals surface area contributed by atoms with E-state index in [0.717, 1.165) is 4.47 Å². The number of hydrogen-bond acceptors (Lipinski definition) is 2. The third kappa shape index (κ3) is 3.60. The summed E-state index contributed by atoms with van der Waals surface area (Å²) in [4.78, 5) is 26.0. The second-order valence-corrected chi connectivity index (χ2v) is 6.82. The number of halogens is 3. The molecular formula is C17H13BrClFN2O2. The Morgan fingerprint density at radius 1 is 1.25 bits per heavy atom. The summed E-state index contributed by atoms with van der Waals surface area (Å²) >= 11 is 9.09. The molecule has 1 aliphatic rings. The van der Waals surface area contributed by atoms with Gasteiger partial charge in [0.05, 0.1) is 10.9 Å². The van der Waals surface area contributed by atoms with Gasteiger partial charge in [-0.15, -0.1) is 0 Å². The van der Waals surface area contributed by atoms with Gasteiger partial charge in [-0.1, -0.05) is 27.5 Å². The van der Waals surface area contributed by atoms with E-state index in [1.54, 1.807) is 12.1 Å². The molecule has 1 fully saturated rings. The highest BCUT2D eigenvalue weighted by molar-refractivity contribution is 9.10. The zero-order chi connectivity index (χ0) is 17.3. The summed E-state index contributed by atoms with van der Waals surface area (Å²) < 4.78 is 14.2. The van der Waals surface area contributed by atoms with E-state index in [-0.39, 0.29) is 29.8 Å². The number of rotatable bonds is 3. The molecule has 7 heteroatoms. The van der Waals surface area contributed by atoms with Gasteiger partial charge < -0.3 is 10.2 Å². The number of benzene rings is 2. The fraction of sp³-hybridized carbons (Fsp3) is 0.176. The average molecular weight is 412 g/mol. The average Bonchev–Trinajstić information content (AvgIpc) is 2.94. The topological polar surface area (TPSA) is 49.4 Å². The van der Waals surface area contributed by atoms with Crippen LogP contribution in [0.1, 0.15) is 6.42 Å². The Morgan fingerprint density at radius 3 is 2.62 bits per heavy atom. The van der Waals surface area contributed by atoms with Crippen LogP contribution in [-0.2, 0) is 9.59 Å². The first-order valence-electron chi connectivity index (χ1n) is 7.26. The minimum Gasteiger partial charge on any atom is -0.326 e. The molecule has 2 aromatic rings. The maximum atomic E-state index is 13.3. The molecule has 3 rings (SSSR count). The minimum absolute atomic E-state index is 0.0527. The standard InChI is InChI=1S/C17H13BrClFN2O2/c18-11-1-3-12(4-2-11)21-17(24)10-7-16(23)22(9-10)13-5-6-15(20)14(19)8-13/h1-6,8,10H,7,9H2,(H,21,24). The van der Waals surface area contributed by atoms with E-state index >= 15 is 0 Å². The van der Waals surface area contributed by atoms with Crippen LogP contribution in [0.15, 0.2) is 46.9 Å². The first-order chi connectivity index (χ1) is 11.4. The van der Waals surface area contributed by atoms with Crippen molar-refractivity contribution in [3.8, 4) is 0 Å². The SMILES string of the molecule is O=C(Nc1ccc(Br)cc1)C1CC(=O)N(c2ccc(F)c(Cl)c2)C1. The Hall–Kier alpha value is -1.92. The van der Waals surface area contributed by atoms with E-state index in [4.69, 9.17) is 11.6 Å². The lowest BCUT2D eigenvalue weighted by Crippen LogP contribution is -2.28. The van der Waals surface area contributed by atoms with Crippen molar-refractivity contribution >= 4 is 50.7 Å². The molecule has 1 N–H and O–H groups in total. The number of anilines is 2. The maximum Gasteiger partial charge on any atom is 0.229 e. The second kappa shape index (κ2) is 6.91. The molecule has 0 spiro atoms. The van der Waals surface area contributed by atoms with Crippen LogP contribution in [0, 0.1) is 11.7 Å². The largest absolute Gasteiger partial charge is 0.326 e. The Balaban J connectivity index is 1.70. The Morgan fingerprint density at radius 2 is 1.96 bits per heavy atom. The van der Waals surface area contributed by atoms with Gasteiger partial charge in [0.15, 0.2) is 0 Å². The summed E-state index contributed by atoms with van der Waals surface area (Å²) in [5.74, 6) is -1.42. The van der Waals surface area contributed by atoms with Gasteiger partial charge in [-0.25, -0.2) is 4.39 Å². The van der Waals surface area contributed by atoms with E-state index in [9.17, 15) is 14.0 Å². The van der Waals surface area contributed by atoms with E-state index in [0.29, 0.717) is 11.4 Å². The predicted octanol–water partition coefficient (Wildman–Crippen LogP) is 4.23. The summed E-state index contributed by atoms with van der Waals surface area (Å²) in [7, 11) is 0. The van der Waals surface area contributed by atoms with Crippen LogP contribution in [0.25, 0.3) is 0 Å². The third-order valence-electron chi connectivity index (χ3n) is 3.82. The van der Waals surface area contributed by atoms with Gasteiger partial charge in [0.25, 0.3) is 0 Å². The highest BCUT2D eigenvalue weighted by Gasteiger charge is 2.35. The Labute approximate surface area is 151 Å². The van der Waals surface area contributed by atoms with Crippen molar-refractivity contribution in [1.29, 1.82) is 0 Å². The molecule has 24 heavy (non-hydrogen) atoms. The first-order valence-corrected chi connectivity index (χ1v) is 8.43. The van der Waals surface area contributed by atoms with Crippen molar-refractivity contribution in [3.05, 3.63) is 57.8 Å². The van der Waals surface area contributed by atoms with Crippen molar-refractivity contribution < 1.29 is 14.0 Å². The van der Waals surface area contributed by atoms with Gasteiger partial charge in [-0.3, -0.25) is 9.59 Å². The zero-order valence-electron chi connectivity index (χ0n) is 12.4. The smallest absolute Gasteiger partial charge is 0.229 e. The molecule has 124 valence electrons. The summed E-state index contributed by atoms with van der Waals surface area (Å²) in [5.41, 5.74) is 1.16. The molecule has 0 radical (unpaired) electrons. The molecule has 2 amide bonds. The molecule has 0 aliphatic carbocycles. The van der Waals surface area contributed by atoms with E-state index in [1.807, 2.05) is 12.1 Å². The Bertz CT molecular complexity index is 798. The van der Waals surface area contributed by atoms with Gasteiger partial charge in [-0.2, -0.15) is 0 Å². The molecule has 0 saturated carbocycles. The monoisotopic (exact) mass is 410 g/mol. The van der Waals surface area contributed by atoms with Crippen molar-refractivity contribution in [2.75, 3.05) is 16.8 Å². The number of nitrogens with zero attached hydrogens (tertiary/aromatic N) is 1. The normalized spacial score (nSPS) is 17.2.